The predicted molar refractivity (Wildman–Crippen MR) is 113 cm³/mol. The van der Waals surface area contributed by atoms with Gasteiger partial charge in [0.2, 0.25) is 0 Å². The Labute approximate surface area is 173 Å². The number of aromatic nitrogens is 4. The van der Waals surface area contributed by atoms with E-state index in [1.54, 1.807) is 23.1 Å². The summed E-state index contributed by atoms with van der Waals surface area (Å²) in [6, 6.07) is 8.53. The zero-order valence-electron chi connectivity index (χ0n) is 16.0. The molecule has 2 fully saturated rings. The monoisotopic (exact) mass is 412 g/mol. The number of thioether (sulfide) groups is 1. The van der Waals surface area contributed by atoms with Crippen molar-refractivity contribution in [2.24, 2.45) is 0 Å². The molecule has 1 atom stereocenters. The molecule has 3 heterocycles. The van der Waals surface area contributed by atoms with Gasteiger partial charge in [0.25, 0.3) is 0 Å². The van der Waals surface area contributed by atoms with E-state index in [1.807, 2.05) is 0 Å². The molecule has 5 nitrogen and oxygen atoms in total. The summed E-state index contributed by atoms with van der Waals surface area (Å²) in [5.74, 6) is 2.56. The molecule has 5 rings (SSSR count). The van der Waals surface area contributed by atoms with Crippen molar-refractivity contribution < 1.29 is 4.74 Å². The minimum absolute atomic E-state index is 0.306. The second kappa shape index (κ2) is 7.97. The molecule has 1 saturated heterocycles. The van der Waals surface area contributed by atoms with Gasteiger partial charge in [0.05, 0.1) is 18.3 Å². The van der Waals surface area contributed by atoms with E-state index in [1.165, 1.54) is 24.0 Å². The molecule has 0 amide bonds. The normalized spacial score (nSPS) is 19.4. The first-order valence-electron chi connectivity index (χ1n) is 9.95. The SMILES string of the molecule is Cc1cccc(-c2nc(CSc3nnc(C4CC4)n3CC3CCCO3)cs2)c1. The zero-order chi connectivity index (χ0) is 18.9. The number of nitrogens with zero attached hydrogens (tertiary/aromatic N) is 4. The van der Waals surface area contributed by atoms with Crippen molar-refractivity contribution in [3.8, 4) is 10.6 Å². The number of hydrogen-bond donors (Lipinski definition) is 0. The molecular formula is C21H24N4OS2. The second-order valence-corrected chi connectivity index (χ2v) is 9.46. The summed E-state index contributed by atoms with van der Waals surface area (Å²) < 4.78 is 8.18. The molecule has 1 aromatic carbocycles. The van der Waals surface area contributed by atoms with E-state index in [4.69, 9.17) is 9.72 Å². The number of rotatable bonds is 7. The van der Waals surface area contributed by atoms with Crippen LogP contribution in [0.15, 0.2) is 34.8 Å². The van der Waals surface area contributed by atoms with Gasteiger partial charge in [-0.25, -0.2) is 4.98 Å². The molecule has 146 valence electrons. The Morgan fingerprint density at radius 2 is 2.18 bits per heavy atom. The van der Waals surface area contributed by atoms with Gasteiger partial charge in [0.15, 0.2) is 5.16 Å². The number of aryl methyl sites for hydroxylation is 1. The smallest absolute Gasteiger partial charge is 0.191 e. The molecule has 2 aromatic heterocycles. The van der Waals surface area contributed by atoms with Crippen LogP contribution in [0.3, 0.4) is 0 Å². The van der Waals surface area contributed by atoms with Crippen LogP contribution in [0, 0.1) is 6.92 Å². The van der Waals surface area contributed by atoms with Crippen LogP contribution in [0.1, 0.15) is 48.7 Å². The van der Waals surface area contributed by atoms with Crippen molar-refractivity contribution in [1.29, 1.82) is 0 Å². The quantitative estimate of drug-likeness (QED) is 0.508. The molecule has 3 aromatic rings. The van der Waals surface area contributed by atoms with Gasteiger partial charge in [-0.2, -0.15) is 0 Å². The lowest BCUT2D eigenvalue weighted by Gasteiger charge is -2.14. The van der Waals surface area contributed by atoms with Crippen molar-refractivity contribution in [1.82, 2.24) is 19.7 Å². The first-order valence-corrected chi connectivity index (χ1v) is 11.8. The largest absolute Gasteiger partial charge is 0.376 e. The van der Waals surface area contributed by atoms with E-state index >= 15 is 0 Å². The summed E-state index contributed by atoms with van der Waals surface area (Å²) >= 11 is 3.45. The first kappa shape index (κ1) is 18.3. The van der Waals surface area contributed by atoms with E-state index in [0.717, 1.165) is 53.4 Å². The summed E-state index contributed by atoms with van der Waals surface area (Å²) in [4.78, 5) is 4.84. The highest BCUT2D eigenvalue weighted by Gasteiger charge is 2.31. The van der Waals surface area contributed by atoms with Gasteiger partial charge in [-0.05, 0) is 38.7 Å². The maximum atomic E-state index is 5.86. The van der Waals surface area contributed by atoms with Crippen LogP contribution in [0.2, 0.25) is 0 Å². The lowest BCUT2D eigenvalue weighted by molar-refractivity contribution is 0.0942. The number of hydrogen-bond acceptors (Lipinski definition) is 6. The van der Waals surface area contributed by atoms with E-state index in [-0.39, 0.29) is 0 Å². The fourth-order valence-electron chi connectivity index (χ4n) is 3.64. The second-order valence-electron chi connectivity index (χ2n) is 7.66. The lowest BCUT2D eigenvalue weighted by Crippen LogP contribution is -2.17. The minimum Gasteiger partial charge on any atom is -0.376 e. The molecule has 7 heteroatoms. The van der Waals surface area contributed by atoms with Crippen LogP contribution in [0.4, 0.5) is 0 Å². The van der Waals surface area contributed by atoms with Gasteiger partial charge >= 0.3 is 0 Å². The minimum atomic E-state index is 0.306. The van der Waals surface area contributed by atoms with E-state index < -0.39 is 0 Å². The maximum absolute atomic E-state index is 5.86. The Morgan fingerprint density at radius 3 is 2.96 bits per heavy atom. The van der Waals surface area contributed by atoms with Crippen LogP contribution < -0.4 is 0 Å². The Hall–Kier alpha value is -1.70. The lowest BCUT2D eigenvalue weighted by atomic mass is 10.1. The van der Waals surface area contributed by atoms with Crippen LogP contribution in [0.25, 0.3) is 10.6 Å². The fourth-order valence-corrected chi connectivity index (χ4v) is 5.41. The van der Waals surface area contributed by atoms with Crippen molar-refractivity contribution in [3.63, 3.8) is 0 Å². The van der Waals surface area contributed by atoms with Crippen molar-refractivity contribution >= 4 is 23.1 Å². The summed E-state index contributed by atoms with van der Waals surface area (Å²) in [7, 11) is 0. The Kier molecular flexibility index (Phi) is 5.22. The molecule has 1 aliphatic heterocycles. The number of ether oxygens (including phenoxy) is 1. The fraction of sp³-hybridized carbons (Fsp3) is 0.476. The molecule has 1 unspecified atom stereocenters. The third-order valence-electron chi connectivity index (χ3n) is 5.26. The van der Waals surface area contributed by atoms with Crippen LogP contribution >= 0.6 is 23.1 Å². The molecule has 0 N–H and O–H groups in total. The predicted octanol–water partition coefficient (Wildman–Crippen LogP) is 5.06. The Balaban J connectivity index is 1.30. The molecule has 28 heavy (non-hydrogen) atoms. The maximum Gasteiger partial charge on any atom is 0.191 e. The highest BCUT2D eigenvalue weighted by Crippen LogP contribution is 2.40. The molecule has 0 radical (unpaired) electrons. The molecule has 0 bridgehead atoms. The average Bonchev–Trinajstić information content (AvgIpc) is 3.10. The van der Waals surface area contributed by atoms with Gasteiger partial charge < -0.3 is 9.30 Å². The van der Waals surface area contributed by atoms with Gasteiger partial charge in [0.1, 0.15) is 10.8 Å². The molecule has 1 aliphatic carbocycles. The Morgan fingerprint density at radius 1 is 1.25 bits per heavy atom. The van der Waals surface area contributed by atoms with Gasteiger partial charge in [-0.15, -0.1) is 21.5 Å². The molecule has 2 aliphatic rings. The summed E-state index contributed by atoms with van der Waals surface area (Å²) in [6.07, 6.45) is 5.08. The number of thiazole rings is 1. The van der Waals surface area contributed by atoms with E-state index in [0.29, 0.717) is 12.0 Å². The van der Waals surface area contributed by atoms with Crippen LogP contribution in [0.5, 0.6) is 0 Å². The topological polar surface area (TPSA) is 52.8 Å². The summed E-state index contributed by atoms with van der Waals surface area (Å²) in [5, 5.41) is 13.3. The molecule has 1 saturated carbocycles. The van der Waals surface area contributed by atoms with E-state index in [9.17, 15) is 0 Å². The van der Waals surface area contributed by atoms with Crippen LogP contribution in [-0.2, 0) is 17.0 Å². The van der Waals surface area contributed by atoms with Gasteiger partial charge in [-0.3, -0.25) is 0 Å². The summed E-state index contributed by atoms with van der Waals surface area (Å²) in [5.41, 5.74) is 3.56. The first-order chi connectivity index (χ1) is 13.8. The Bertz CT molecular complexity index is 957. The average molecular weight is 413 g/mol. The molecular weight excluding hydrogens is 388 g/mol. The standard InChI is InChI=1S/C21H24N4OS2/c1-14-4-2-5-16(10-14)20-22-17(12-27-20)13-28-21-24-23-19(15-7-8-15)25(21)11-18-6-3-9-26-18/h2,4-5,10,12,15,18H,3,6-9,11,13H2,1H3. The third-order valence-corrected chi connectivity index (χ3v) is 7.20. The number of benzene rings is 1. The highest BCUT2D eigenvalue weighted by atomic mass is 32.2. The summed E-state index contributed by atoms with van der Waals surface area (Å²) in [6.45, 7) is 3.88. The highest BCUT2D eigenvalue weighted by molar-refractivity contribution is 7.98. The van der Waals surface area contributed by atoms with Crippen LogP contribution in [-0.4, -0.2) is 32.5 Å². The van der Waals surface area contributed by atoms with E-state index in [2.05, 4.69) is 51.3 Å². The molecule has 0 spiro atoms. The third kappa shape index (κ3) is 4.02. The van der Waals surface area contributed by atoms with Crippen molar-refractivity contribution in [3.05, 3.63) is 46.7 Å². The van der Waals surface area contributed by atoms with Crippen molar-refractivity contribution in [2.45, 2.75) is 62.1 Å². The van der Waals surface area contributed by atoms with Gasteiger partial charge in [-0.1, -0.05) is 35.5 Å². The van der Waals surface area contributed by atoms with Gasteiger partial charge in [0, 0.05) is 29.2 Å². The zero-order valence-corrected chi connectivity index (χ0v) is 17.6. The van der Waals surface area contributed by atoms with Crippen molar-refractivity contribution in [2.75, 3.05) is 6.61 Å².